The first-order valence-electron chi connectivity index (χ1n) is 6.92. The lowest BCUT2D eigenvalue weighted by Crippen LogP contribution is -2.44. The van der Waals surface area contributed by atoms with Gasteiger partial charge in [0.05, 0.1) is 11.8 Å². The van der Waals surface area contributed by atoms with Gasteiger partial charge in [0.1, 0.15) is 4.88 Å². The van der Waals surface area contributed by atoms with Gasteiger partial charge in [-0.1, -0.05) is 28.9 Å². The summed E-state index contributed by atoms with van der Waals surface area (Å²) in [6.07, 6.45) is 0.313. The van der Waals surface area contributed by atoms with Crippen LogP contribution in [0.3, 0.4) is 0 Å². The first-order valence-corrected chi connectivity index (χ1v) is 8.53. The third-order valence-corrected chi connectivity index (χ3v) is 5.68. The smallest absolute Gasteiger partial charge is 0.266 e. The molecule has 2 heterocycles. The van der Waals surface area contributed by atoms with Gasteiger partial charge in [-0.15, -0.1) is 11.3 Å². The average Bonchev–Trinajstić information content (AvgIpc) is 2.77. The van der Waals surface area contributed by atoms with Gasteiger partial charge < -0.3 is 15.7 Å². The normalized spacial score (nSPS) is 22.7. The van der Waals surface area contributed by atoms with Crippen LogP contribution < -0.4 is 5.73 Å². The van der Waals surface area contributed by atoms with Crippen molar-refractivity contribution in [3.05, 3.63) is 27.5 Å². The average molecular weight is 369 g/mol. The first-order chi connectivity index (χ1) is 9.97. The van der Waals surface area contributed by atoms with Crippen LogP contribution in [0, 0.1) is 5.92 Å². The molecule has 21 heavy (non-hydrogen) atoms. The molecule has 0 radical (unpaired) electrons. The Labute approximate surface area is 135 Å². The van der Waals surface area contributed by atoms with E-state index in [4.69, 9.17) is 5.73 Å². The van der Waals surface area contributed by atoms with E-state index in [1.54, 1.807) is 4.90 Å². The number of nitrogens with zero attached hydrogens (tertiary/aromatic N) is 1. The maximum atomic E-state index is 12.7. The molecular weight excluding hydrogens is 352 g/mol. The third-order valence-electron chi connectivity index (χ3n) is 4.03. The minimum atomic E-state index is -0.315. The molecule has 0 saturated carbocycles. The van der Waals surface area contributed by atoms with Crippen LogP contribution >= 0.6 is 27.3 Å². The van der Waals surface area contributed by atoms with Crippen molar-refractivity contribution in [2.24, 2.45) is 5.92 Å². The van der Waals surface area contributed by atoms with Crippen LogP contribution in [0.25, 0.3) is 10.1 Å². The second kappa shape index (κ2) is 5.59. The molecule has 1 aromatic carbocycles. The molecule has 0 bridgehead atoms. The van der Waals surface area contributed by atoms with Crippen LogP contribution in [-0.4, -0.2) is 35.1 Å². The van der Waals surface area contributed by atoms with Crippen LogP contribution in [0.4, 0.5) is 5.69 Å². The fourth-order valence-electron chi connectivity index (χ4n) is 2.71. The van der Waals surface area contributed by atoms with Crippen LogP contribution in [0.2, 0.25) is 0 Å². The van der Waals surface area contributed by atoms with Crippen molar-refractivity contribution in [3.8, 4) is 0 Å². The highest BCUT2D eigenvalue weighted by Gasteiger charge is 2.29. The third kappa shape index (κ3) is 2.67. The number of aliphatic hydroxyl groups excluding tert-OH is 1. The molecule has 3 rings (SSSR count). The van der Waals surface area contributed by atoms with Crippen molar-refractivity contribution in [2.45, 2.75) is 19.4 Å². The number of thiophene rings is 1. The number of likely N-dealkylation sites (tertiary alicyclic amines) is 1. The highest BCUT2D eigenvalue weighted by molar-refractivity contribution is 9.10. The van der Waals surface area contributed by atoms with E-state index < -0.39 is 0 Å². The maximum absolute atomic E-state index is 12.7. The Bertz CT molecular complexity index is 700. The summed E-state index contributed by atoms with van der Waals surface area (Å²) in [5.41, 5.74) is 6.72. The first kappa shape index (κ1) is 14.8. The minimum absolute atomic E-state index is 0.0245. The van der Waals surface area contributed by atoms with Gasteiger partial charge in [0.2, 0.25) is 0 Å². The number of nitrogens with two attached hydrogens (primary N) is 1. The number of fused-ring (bicyclic) bond motifs is 1. The summed E-state index contributed by atoms with van der Waals surface area (Å²) in [7, 11) is 0. The van der Waals surface area contributed by atoms with Gasteiger partial charge in [0.25, 0.3) is 5.91 Å². The summed E-state index contributed by atoms with van der Waals surface area (Å²) in [6, 6.07) is 5.85. The van der Waals surface area contributed by atoms with E-state index in [-0.39, 0.29) is 17.9 Å². The maximum Gasteiger partial charge on any atom is 0.266 e. The monoisotopic (exact) mass is 368 g/mol. The number of benzene rings is 1. The van der Waals surface area contributed by atoms with Crippen molar-refractivity contribution < 1.29 is 9.90 Å². The zero-order valence-electron chi connectivity index (χ0n) is 11.7. The SMILES string of the molecule is CC1CN(C(=O)c2sc3cc(Br)ccc3c2N)CCC1O. The Kier molecular flexibility index (Phi) is 3.94. The number of hydrogen-bond acceptors (Lipinski definition) is 4. The molecule has 112 valence electrons. The zero-order valence-corrected chi connectivity index (χ0v) is 14.1. The van der Waals surface area contributed by atoms with E-state index in [2.05, 4.69) is 15.9 Å². The van der Waals surface area contributed by atoms with E-state index in [1.165, 1.54) is 11.3 Å². The number of anilines is 1. The molecule has 1 aliphatic heterocycles. The number of hydrogen-bond donors (Lipinski definition) is 2. The van der Waals surface area contributed by atoms with E-state index >= 15 is 0 Å². The van der Waals surface area contributed by atoms with Crippen LogP contribution in [0.15, 0.2) is 22.7 Å². The fourth-order valence-corrected chi connectivity index (χ4v) is 4.35. The van der Waals surface area contributed by atoms with E-state index in [9.17, 15) is 9.90 Å². The molecule has 1 aromatic heterocycles. The quantitative estimate of drug-likeness (QED) is 0.812. The Balaban J connectivity index is 1.93. The predicted octanol–water partition coefficient (Wildman–Crippen LogP) is 3.09. The molecule has 1 saturated heterocycles. The zero-order chi connectivity index (χ0) is 15.1. The van der Waals surface area contributed by atoms with Gasteiger partial charge in [-0.25, -0.2) is 0 Å². The van der Waals surface area contributed by atoms with Crippen molar-refractivity contribution in [1.82, 2.24) is 4.90 Å². The van der Waals surface area contributed by atoms with Gasteiger partial charge >= 0.3 is 0 Å². The van der Waals surface area contributed by atoms with E-state index in [0.717, 1.165) is 14.6 Å². The fraction of sp³-hybridized carbons (Fsp3) is 0.400. The second-order valence-electron chi connectivity index (χ2n) is 5.57. The summed E-state index contributed by atoms with van der Waals surface area (Å²) in [5, 5.41) is 10.7. The minimum Gasteiger partial charge on any atom is -0.397 e. The number of nitrogen functional groups attached to an aromatic ring is 1. The van der Waals surface area contributed by atoms with Gasteiger partial charge in [-0.2, -0.15) is 0 Å². The molecule has 4 nitrogen and oxygen atoms in total. The lowest BCUT2D eigenvalue weighted by atomic mass is 9.96. The number of amides is 1. The molecule has 1 fully saturated rings. The molecule has 0 spiro atoms. The summed E-state index contributed by atoms with van der Waals surface area (Å²) in [4.78, 5) is 15.1. The molecule has 3 N–H and O–H groups in total. The predicted molar refractivity (Wildman–Crippen MR) is 89.6 cm³/mol. The molecule has 0 aliphatic carbocycles. The number of rotatable bonds is 1. The van der Waals surface area contributed by atoms with Gasteiger partial charge in [0, 0.05) is 27.6 Å². The van der Waals surface area contributed by atoms with E-state index in [0.29, 0.717) is 30.1 Å². The Morgan fingerprint density at radius 2 is 2.29 bits per heavy atom. The Morgan fingerprint density at radius 3 is 3.00 bits per heavy atom. The lowest BCUT2D eigenvalue weighted by molar-refractivity contribution is 0.0301. The number of halogens is 1. The molecule has 6 heteroatoms. The van der Waals surface area contributed by atoms with Crippen molar-refractivity contribution in [1.29, 1.82) is 0 Å². The molecular formula is C15H17BrN2O2S. The largest absolute Gasteiger partial charge is 0.397 e. The van der Waals surface area contributed by atoms with Crippen LogP contribution in [0.5, 0.6) is 0 Å². The standard InChI is InChI=1S/C15H17BrN2O2S/c1-8-7-18(5-4-11(8)19)15(20)14-13(17)10-3-2-9(16)6-12(10)21-14/h2-3,6,8,11,19H,4-5,7,17H2,1H3. The van der Waals surface area contributed by atoms with Crippen LogP contribution in [0.1, 0.15) is 23.0 Å². The number of piperidine rings is 1. The Morgan fingerprint density at radius 1 is 1.52 bits per heavy atom. The van der Waals surface area contributed by atoms with E-state index in [1.807, 2.05) is 25.1 Å². The molecule has 2 aromatic rings. The van der Waals surface area contributed by atoms with Crippen molar-refractivity contribution in [3.63, 3.8) is 0 Å². The van der Waals surface area contributed by atoms with Crippen LogP contribution in [-0.2, 0) is 0 Å². The van der Waals surface area contributed by atoms with Gasteiger partial charge in [-0.3, -0.25) is 4.79 Å². The highest BCUT2D eigenvalue weighted by Crippen LogP contribution is 2.36. The lowest BCUT2D eigenvalue weighted by Gasteiger charge is -2.34. The molecule has 1 aliphatic rings. The second-order valence-corrected chi connectivity index (χ2v) is 7.54. The Hall–Kier alpha value is -1.11. The van der Waals surface area contributed by atoms with Crippen molar-refractivity contribution in [2.75, 3.05) is 18.8 Å². The van der Waals surface area contributed by atoms with Gasteiger partial charge in [-0.05, 0) is 24.5 Å². The summed E-state index contributed by atoms with van der Waals surface area (Å²) < 4.78 is 1.99. The molecule has 2 atom stereocenters. The van der Waals surface area contributed by atoms with Crippen molar-refractivity contribution >= 4 is 48.9 Å². The summed E-state index contributed by atoms with van der Waals surface area (Å²) in [6.45, 7) is 3.13. The van der Waals surface area contributed by atoms with Gasteiger partial charge in [0.15, 0.2) is 0 Å². The number of carbonyl (C=O) groups excluding carboxylic acids is 1. The summed E-state index contributed by atoms with van der Waals surface area (Å²) >= 11 is 4.87. The highest BCUT2D eigenvalue weighted by atomic mass is 79.9. The number of carbonyl (C=O) groups is 1. The molecule has 2 unspecified atom stereocenters. The number of aliphatic hydroxyl groups is 1. The topological polar surface area (TPSA) is 66.6 Å². The summed E-state index contributed by atoms with van der Waals surface area (Å²) in [5.74, 6) is 0.0796. The molecule has 1 amide bonds.